The fourth-order valence-corrected chi connectivity index (χ4v) is 2.33. The smallest absolute Gasteiger partial charge is 0.237 e. The molecule has 16 heavy (non-hydrogen) atoms. The highest BCUT2D eigenvalue weighted by Crippen LogP contribution is 2.17. The molecule has 2 rings (SSSR count). The van der Waals surface area contributed by atoms with Crippen LogP contribution in [0.4, 0.5) is 0 Å². The Morgan fingerprint density at radius 2 is 2.31 bits per heavy atom. The van der Waals surface area contributed by atoms with Crippen LogP contribution in [0.5, 0.6) is 0 Å². The lowest BCUT2D eigenvalue weighted by atomic mass is 10.0. The first-order valence-electron chi connectivity index (χ1n) is 5.99. The molecule has 2 fully saturated rings. The second-order valence-corrected chi connectivity index (χ2v) is 4.68. The number of nitrogens with one attached hydrogen (secondary N) is 3. The Balaban J connectivity index is 1.78. The zero-order valence-corrected chi connectivity index (χ0v) is 9.58. The molecular formula is C11H19N3O2. The van der Waals surface area contributed by atoms with Crippen molar-refractivity contribution in [1.29, 1.82) is 0 Å². The van der Waals surface area contributed by atoms with E-state index in [1.54, 1.807) is 0 Å². The largest absolute Gasteiger partial charge is 0.354 e. The minimum Gasteiger partial charge on any atom is -0.354 e. The molecule has 0 spiro atoms. The molecule has 2 aliphatic rings. The van der Waals surface area contributed by atoms with Crippen molar-refractivity contribution in [2.75, 3.05) is 13.1 Å². The fraction of sp³-hybridized carbons (Fsp3) is 0.818. The summed E-state index contributed by atoms with van der Waals surface area (Å²) in [6.45, 7) is 3.64. The van der Waals surface area contributed by atoms with E-state index in [0.29, 0.717) is 18.9 Å². The van der Waals surface area contributed by atoms with Gasteiger partial charge in [-0.3, -0.25) is 9.59 Å². The average molecular weight is 225 g/mol. The van der Waals surface area contributed by atoms with E-state index in [1.165, 1.54) is 0 Å². The predicted octanol–water partition coefficient (Wildman–Crippen LogP) is -0.621. The third kappa shape index (κ3) is 2.52. The van der Waals surface area contributed by atoms with Crippen molar-refractivity contribution in [3.63, 3.8) is 0 Å². The maximum atomic E-state index is 11.9. The lowest BCUT2D eigenvalue weighted by Crippen LogP contribution is -2.45. The monoisotopic (exact) mass is 225 g/mol. The first kappa shape index (κ1) is 11.4. The SMILES string of the molecule is CCC1CN[C@H](C(=O)N[C@@H]2CNC(=O)C2)C1. The summed E-state index contributed by atoms with van der Waals surface area (Å²) < 4.78 is 0. The molecule has 0 aliphatic carbocycles. The van der Waals surface area contributed by atoms with Crippen LogP contribution < -0.4 is 16.0 Å². The molecule has 2 aliphatic heterocycles. The van der Waals surface area contributed by atoms with Gasteiger partial charge in [-0.25, -0.2) is 0 Å². The summed E-state index contributed by atoms with van der Waals surface area (Å²) in [5.41, 5.74) is 0. The highest BCUT2D eigenvalue weighted by molar-refractivity contribution is 5.85. The van der Waals surface area contributed by atoms with Crippen molar-refractivity contribution in [3.8, 4) is 0 Å². The van der Waals surface area contributed by atoms with Crippen LogP contribution in [0.3, 0.4) is 0 Å². The molecule has 0 radical (unpaired) electrons. The number of amides is 2. The standard InChI is InChI=1S/C11H19N3O2/c1-2-7-3-9(12-5-7)11(16)14-8-4-10(15)13-6-8/h7-9,12H,2-6H2,1H3,(H,13,15)(H,14,16)/t7?,8-,9-/m0/s1. The molecule has 1 unspecified atom stereocenters. The lowest BCUT2D eigenvalue weighted by Gasteiger charge is -2.15. The first-order valence-corrected chi connectivity index (χ1v) is 5.99. The second kappa shape index (κ2) is 4.82. The van der Waals surface area contributed by atoms with Crippen molar-refractivity contribution >= 4 is 11.8 Å². The van der Waals surface area contributed by atoms with Gasteiger partial charge < -0.3 is 16.0 Å². The molecule has 5 heteroatoms. The molecule has 2 heterocycles. The second-order valence-electron chi connectivity index (χ2n) is 4.68. The molecule has 0 saturated carbocycles. The van der Waals surface area contributed by atoms with Crippen molar-refractivity contribution in [1.82, 2.24) is 16.0 Å². The van der Waals surface area contributed by atoms with Crippen LogP contribution in [0.2, 0.25) is 0 Å². The van der Waals surface area contributed by atoms with Crippen molar-refractivity contribution < 1.29 is 9.59 Å². The molecule has 0 aromatic heterocycles. The van der Waals surface area contributed by atoms with Crippen LogP contribution in [-0.2, 0) is 9.59 Å². The molecule has 0 aromatic rings. The van der Waals surface area contributed by atoms with Gasteiger partial charge in [-0.2, -0.15) is 0 Å². The van der Waals surface area contributed by atoms with Crippen LogP contribution in [0, 0.1) is 5.92 Å². The van der Waals surface area contributed by atoms with Gasteiger partial charge in [0, 0.05) is 13.0 Å². The van der Waals surface area contributed by atoms with Gasteiger partial charge >= 0.3 is 0 Å². The van der Waals surface area contributed by atoms with Gasteiger partial charge in [0.05, 0.1) is 12.1 Å². The first-order chi connectivity index (χ1) is 7.69. The minimum atomic E-state index is -0.0688. The fourth-order valence-electron chi connectivity index (χ4n) is 2.33. The zero-order valence-electron chi connectivity index (χ0n) is 9.58. The minimum absolute atomic E-state index is 0.0242. The highest BCUT2D eigenvalue weighted by atomic mass is 16.2. The quantitative estimate of drug-likeness (QED) is 0.599. The average Bonchev–Trinajstić information content (AvgIpc) is 2.87. The summed E-state index contributed by atoms with van der Waals surface area (Å²) in [6, 6.07) is -0.0943. The normalized spacial score (nSPS) is 33.8. The van der Waals surface area contributed by atoms with E-state index >= 15 is 0 Å². The highest BCUT2D eigenvalue weighted by Gasteiger charge is 2.31. The summed E-state index contributed by atoms with van der Waals surface area (Å²) in [5, 5.41) is 8.85. The number of hydrogen-bond acceptors (Lipinski definition) is 3. The topological polar surface area (TPSA) is 70.2 Å². The Labute approximate surface area is 95.3 Å². The van der Waals surface area contributed by atoms with E-state index in [0.717, 1.165) is 19.4 Å². The summed E-state index contributed by atoms with van der Waals surface area (Å²) >= 11 is 0. The van der Waals surface area contributed by atoms with Gasteiger partial charge in [-0.15, -0.1) is 0 Å². The molecule has 3 N–H and O–H groups in total. The van der Waals surface area contributed by atoms with Gasteiger partial charge in [-0.05, 0) is 18.9 Å². The van der Waals surface area contributed by atoms with Crippen molar-refractivity contribution in [2.45, 2.75) is 38.3 Å². The van der Waals surface area contributed by atoms with E-state index < -0.39 is 0 Å². The molecule has 2 saturated heterocycles. The van der Waals surface area contributed by atoms with E-state index in [1.807, 2.05) is 0 Å². The van der Waals surface area contributed by atoms with Crippen molar-refractivity contribution in [2.24, 2.45) is 5.92 Å². The Morgan fingerprint density at radius 3 is 2.88 bits per heavy atom. The van der Waals surface area contributed by atoms with Crippen LogP contribution in [0.25, 0.3) is 0 Å². The molecule has 0 aromatic carbocycles. The van der Waals surface area contributed by atoms with Crippen LogP contribution in [0.15, 0.2) is 0 Å². The number of hydrogen-bond donors (Lipinski definition) is 3. The Morgan fingerprint density at radius 1 is 1.50 bits per heavy atom. The van der Waals surface area contributed by atoms with E-state index in [4.69, 9.17) is 0 Å². The Kier molecular flexibility index (Phi) is 3.43. The lowest BCUT2D eigenvalue weighted by molar-refractivity contribution is -0.123. The van der Waals surface area contributed by atoms with Crippen LogP contribution in [0.1, 0.15) is 26.2 Å². The van der Waals surface area contributed by atoms with Crippen LogP contribution in [-0.4, -0.2) is 37.0 Å². The summed E-state index contributed by atoms with van der Waals surface area (Å²) in [7, 11) is 0. The van der Waals surface area contributed by atoms with Gasteiger partial charge in [-0.1, -0.05) is 13.3 Å². The number of carbonyl (C=O) groups is 2. The maximum Gasteiger partial charge on any atom is 0.237 e. The molecule has 5 nitrogen and oxygen atoms in total. The van der Waals surface area contributed by atoms with Gasteiger partial charge in [0.15, 0.2) is 0 Å². The van der Waals surface area contributed by atoms with E-state index in [-0.39, 0.29) is 23.9 Å². The molecule has 3 atom stereocenters. The summed E-state index contributed by atoms with van der Waals surface area (Å²) in [6.07, 6.45) is 2.44. The third-order valence-electron chi connectivity index (χ3n) is 3.44. The molecule has 90 valence electrons. The number of rotatable bonds is 3. The van der Waals surface area contributed by atoms with E-state index in [9.17, 15) is 9.59 Å². The van der Waals surface area contributed by atoms with E-state index in [2.05, 4.69) is 22.9 Å². The van der Waals surface area contributed by atoms with Gasteiger partial charge in [0.2, 0.25) is 11.8 Å². The third-order valence-corrected chi connectivity index (χ3v) is 3.44. The van der Waals surface area contributed by atoms with Crippen LogP contribution >= 0.6 is 0 Å². The molecule has 2 amide bonds. The molecule has 0 bridgehead atoms. The maximum absolute atomic E-state index is 11.9. The predicted molar refractivity (Wildman–Crippen MR) is 59.7 cm³/mol. The Bertz CT molecular complexity index is 293. The summed E-state index contributed by atoms with van der Waals surface area (Å²) in [4.78, 5) is 22.8. The van der Waals surface area contributed by atoms with Gasteiger partial charge in [0.25, 0.3) is 0 Å². The van der Waals surface area contributed by atoms with Crippen molar-refractivity contribution in [3.05, 3.63) is 0 Å². The Hall–Kier alpha value is -1.10. The summed E-state index contributed by atoms with van der Waals surface area (Å²) in [5.74, 6) is 0.674. The molecular weight excluding hydrogens is 206 g/mol. The zero-order chi connectivity index (χ0) is 11.5. The number of carbonyl (C=O) groups excluding carboxylic acids is 2. The van der Waals surface area contributed by atoms with Gasteiger partial charge in [0.1, 0.15) is 0 Å².